The van der Waals surface area contributed by atoms with Crippen LogP contribution in [0.2, 0.25) is 5.02 Å². The molecule has 1 saturated heterocycles. The largest absolute Gasteiger partial charge is 0.371 e. The van der Waals surface area contributed by atoms with Crippen LogP contribution < -0.4 is 10.2 Å². The van der Waals surface area contributed by atoms with Crippen molar-refractivity contribution in [2.75, 3.05) is 37.4 Å². The van der Waals surface area contributed by atoms with Crippen LogP contribution in [0.4, 0.5) is 10.8 Å². The molecule has 1 aliphatic rings. The zero-order valence-electron chi connectivity index (χ0n) is 19.7. The van der Waals surface area contributed by atoms with E-state index in [9.17, 15) is 4.79 Å². The number of hydrogen-bond acceptors (Lipinski definition) is 6. The Morgan fingerprint density at radius 1 is 1.09 bits per heavy atom. The molecule has 2 aromatic carbocycles. The topological polar surface area (TPSA) is 77.2 Å². The number of aromatic amines is 1. The van der Waals surface area contributed by atoms with Gasteiger partial charge in [-0.25, -0.2) is 9.97 Å². The number of thiazole rings is 1. The second-order valence-corrected chi connectivity index (χ2v) is 10.2. The normalized spacial score (nSPS) is 14.5. The molecule has 0 radical (unpaired) electrons. The van der Waals surface area contributed by atoms with E-state index in [4.69, 9.17) is 11.6 Å². The third kappa shape index (κ3) is 5.24. The number of imidazole rings is 1. The maximum atomic E-state index is 13.1. The minimum absolute atomic E-state index is 0.312. The van der Waals surface area contributed by atoms with Crippen LogP contribution >= 0.6 is 22.9 Å². The highest BCUT2D eigenvalue weighted by atomic mass is 35.5. The molecule has 4 aromatic rings. The van der Waals surface area contributed by atoms with Crippen molar-refractivity contribution in [3.8, 4) is 22.6 Å². The minimum atomic E-state index is -0.312. The summed E-state index contributed by atoms with van der Waals surface area (Å²) >= 11 is 7.44. The SMILES string of the molecule is CN(C)C1CCN(c2ccc(-c3nc(C(=O)Nc4nccs4)c(-c4ccc(Cl)cc4)[nH]3)cc2)CC1. The molecule has 5 rings (SSSR count). The van der Waals surface area contributed by atoms with Gasteiger partial charge in [0.05, 0.1) is 5.69 Å². The molecule has 2 aromatic heterocycles. The Labute approximate surface area is 213 Å². The number of halogens is 1. The molecule has 0 aliphatic carbocycles. The van der Waals surface area contributed by atoms with Crippen molar-refractivity contribution >= 4 is 39.7 Å². The first-order chi connectivity index (χ1) is 17.0. The number of anilines is 2. The van der Waals surface area contributed by atoms with E-state index < -0.39 is 0 Å². The highest BCUT2D eigenvalue weighted by molar-refractivity contribution is 7.13. The van der Waals surface area contributed by atoms with Gasteiger partial charge in [0.25, 0.3) is 5.91 Å². The molecule has 2 N–H and O–H groups in total. The molecule has 1 fully saturated rings. The van der Waals surface area contributed by atoms with Gasteiger partial charge in [0.2, 0.25) is 0 Å². The van der Waals surface area contributed by atoms with Crippen LogP contribution in [0.5, 0.6) is 0 Å². The van der Waals surface area contributed by atoms with Gasteiger partial charge in [-0.05, 0) is 63.3 Å². The molecule has 7 nitrogen and oxygen atoms in total. The van der Waals surface area contributed by atoms with Crippen LogP contribution in [0, 0.1) is 0 Å². The van der Waals surface area contributed by atoms with E-state index >= 15 is 0 Å². The molecule has 9 heteroatoms. The zero-order valence-corrected chi connectivity index (χ0v) is 21.2. The first-order valence-electron chi connectivity index (χ1n) is 11.6. The van der Waals surface area contributed by atoms with Gasteiger partial charge >= 0.3 is 0 Å². The molecular weight excluding hydrogens is 480 g/mol. The van der Waals surface area contributed by atoms with Gasteiger partial charge in [-0.2, -0.15) is 0 Å². The van der Waals surface area contributed by atoms with E-state index in [1.54, 1.807) is 18.3 Å². The Bertz CT molecular complexity index is 1280. The lowest BCUT2D eigenvalue weighted by Gasteiger charge is -2.36. The van der Waals surface area contributed by atoms with Gasteiger partial charge in [-0.1, -0.05) is 23.7 Å². The van der Waals surface area contributed by atoms with Crippen molar-refractivity contribution < 1.29 is 4.79 Å². The lowest BCUT2D eigenvalue weighted by molar-refractivity contribution is 0.102. The van der Waals surface area contributed by atoms with Crippen molar-refractivity contribution in [2.45, 2.75) is 18.9 Å². The van der Waals surface area contributed by atoms with Crippen molar-refractivity contribution in [3.63, 3.8) is 0 Å². The molecule has 0 bridgehead atoms. The Balaban J connectivity index is 1.41. The Kier molecular flexibility index (Phi) is 6.86. The summed E-state index contributed by atoms with van der Waals surface area (Å²) in [5, 5.41) is 5.82. The maximum Gasteiger partial charge on any atom is 0.278 e. The van der Waals surface area contributed by atoms with Crippen molar-refractivity contribution in [2.24, 2.45) is 0 Å². The molecule has 1 amide bonds. The summed E-state index contributed by atoms with van der Waals surface area (Å²) in [6.45, 7) is 2.09. The highest BCUT2D eigenvalue weighted by Crippen LogP contribution is 2.30. The quantitative estimate of drug-likeness (QED) is 0.354. The third-order valence-electron chi connectivity index (χ3n) is 6.41. The summed E-state index contributed by atoms with van der Waals surface area (Å²) in [6.07, 6.45) is 3.98. The molecule has 35 heavy (non-hydrogen) atoms. The summed E-state index contributed by atoms with van der Waals surface area (Å²) < 4.78 is 0. The smallest absolute Gasteiger partial charge is 0.278 e. The second kappa shape index (κ2) is 10.2. The first kappa shape index (κ1) is 23.5. The monoisotopic (exact) mass is 506 g/mol. The molecule has 180 valence electrons. The van der Waals surface area contributed by atoms with Crippen molar-refractivity contribution in [1.82, 2.24) is 19.9 Å². The average molecular weight is 507 g/mol. The van der Waals surface area contributed by atoms with Gasteiger partial charge in [0, 0.05) is 52.5 Å². The number of benzene rings is 2. The second-order valence-electron chi connectivity index (χ2n) is 8.84. The number of H-pyrrole nitrogens is 1. The number of rotatable bonds is 6. The fraction of sp³-hybridized carbons (Fsp3) is 0.269. The predicted molar refractivity (Wildman–Crippen MR) is 143 cm³/mol. The van der Waals surface area contributed by atoms with Gasteiger partial charge in [0.15, 0.2) is 10.8 Å². The lowest BCUT2D eigenvalue weighted by Crippen LogP contribution is -2.41. The number of carbonyl (C=O) groups excluding carboxylic acids is 1. The van der Waals surface area contributed by atoms with Crippen molar-refractivity contribution in [3.05, 3.63) is 70.8 Å². The zero-order chi connectivity index (χ0) is 24.4. The molecule has 0 atom stereocenters. The standard InChI is InChI=1S/C26H27ClN6OS/c1-32(2)20-11-14-33(15-12-20)21-9-5-18(6-10-21)24-29-22(17-3-7-19(27)8-4-17)23(30-24)25(34)31-26-28-13-16-35-26/h3-10,13,16,20H,11-12,14-15H2,1-2H3,(H,29,30)(H,28,31,34). The van der Waals surface area contributed by atoms with Crippen LogP contribution in [0.1, 0.15) is 23.3 Å². The minimum Gasteiger partial charge on any atom is -0.371 e. The molecule has 0 saturated carbocycles. The van der Waals surface area contributed by atoms with Crippen LogP contribution in [0.15, 0.2) is 60.1 Å². The van der Waals surface area contributed by atoms with Crippen LogP contribution in [-0.4, -0.2) is 59.0 Å². The number of amides is 1. The number of nitrogens with zero attached hydrogens (tertiary/aromatic N) is 4. The van der Waals surface area contributed by atoms with E-state index in [2.05, 4.69) is 68.4 Å². The fourth-order valence-corrected chi connectivity index (χ4v) is 5.06. The number of nitrogens with one attached hydrogen (secondary N) is 2. The molecule has 1 aliphatic heterocycles. The Hall–Kier alpha value is -3.20. The molecular formula is C26H27ClN6OS. The molecule has 0 unspecified atom stereocenters. The molecule has 0 spiro atoms. The number of hydrogen-bond donors (Lipinski definition) is 2. The van der Waals surface area contributed by atoms with E-state index in [0.29, 0.717) is 33.4 Å². The Morgan fingerprint density at radius 3 is 2.40 bits per heavy atom. The fourth-order valence-electron chi connectivity index (χ4n) is 4.41. The van der Waals surface area contributed by atoms with Crippen LogP contribution in [0.25, 0.3) is 22.6 Å². The average Bonchev–Trinajstić information content (AvgIpc) is 3.55. The van der Waals surface area contributed by atoms with Crippen LogP contribution in [-0.2, 0) is 0 Å². The summed E-state index contributed by atoms with van der Waals surface area (Å²) in [4.78, 5) is 30.0. The summed E-state index contributed by atoms with van der Waals surface area (Å²) in [5.74, 6) is 0.324. The van der Waals surface area contributed by atoms with Gasteiger partial charge in [-0.15, -0.1) is 11.3 Å². The first-order valence-corrected chi connectivity index (χ1v) is 12.8. The van der Waals surface area contributed by atoms with E-state index in [0.717, 1.165) is 37.1 Å². The summed E-state index contributed by atoms with van der Waals surface area (Å²) in [7, 11) is 4.31. The van der Waals surface area contributed by atoms with Gasteiger partial charge in [-0.3, -0.25) is 10.1 Å². The summed E-state index contributed by atoms with van der Waals surface area (Å²) in [5.41, 5.74) is 3.91. The summed E-state index contributed by atoms with van der Waals surface area (Å²) in [6, 6.07) is 16.4. The number of aromatic nitrogens is 3. The Morgan fingerprint density at radius 2 is 1.77 bits per heavy atom. The third-order valence-corrected chi connectivity index (χ3v) is 7.35. The van der Waals surface area contributed by atoms with E-state index in [1.165, 1.54) is 17.0 Å². The number of piperidine rings is 1. The highest BCUT2D eigenvalue weighted by Gasteiger charge is 2.22. The molecule has 3 heterocycles. The van der Waals surface area contributed by atoms with Gasteiger partial charge in [0.1, 0.15) is 5.82 Å². The van der Waals surface area contributed by atoms with Gasteiger partial charge < -0.3 is 14.8 Å². The van der Waals surface area contributed by atoms with E-state index in [-0.39, 0.29) is 5.91 Å². The van der Waals surface area contributed by atoms with E-state index in [1.807, 2.05) is 17.5 Å². The lowest BCUT2D eigenvalue weighted by atomic mass is 10.0. The van der Waals surface area contributed by atoms with Crippen molar-refractivity contribution in [1.29, 1.82) is 0 Å². The maximum absolute atomic E-state index is 13.1. The van der Waals surface area contributed by atoms with Crippen LogP contribution in [0.3, 0.4) is 0 Å². The predicted octanol–water partition coefficient (Wildman–Crippen LogP) is 5.64. The number of carbonyl (C=O) groups is 1.